The van der Waals surface area contributed by atoms with Crippen LogP contribution in [0.15, 0.2) is 22.7 Å². The number of hydrogen-bond donors (Lipinski definition) is 1. The molecular weight excluding hydrogens is 251 g/mol. The Morgan fingerprint density at radius 1 is 1.50 bits per heavy atom. The molecule has 0 heterocycles. The van der Waals surface area contributed by atoms with E-state index in [1.807, 2.05) is 0 Å². The molecule has 0 amide bonds. The topological polar surface area (TPSA) is 37.3 Å². The van der Waals surface area contributed by atoms with Crippen molar-refractivity contribution in [1.29, 1.82) is 0 Å². The van der Waals surface area contributed by atoms with Crippen LogP contribution in [0.25, 0.3) is 0 Å². The van der Waals surface area contributed by atoms with Crippen LogP contribution < -0.4 is 0 Å². The van der Waals surface area contributed by atoms with Crippen LogP contribution in [0, 0.1) is 5.82 Å². The van der Waals surface area contributed by atoms with Gasteiger partial charge in [0.1, 0.15) is 5.82 Å². The second-order valence-corrected chi connectivity index (χ2v) is 3.75. The molecule has 1 N–H and O–H groups in total. The lowest BCUT2D eigenvalue weighted by Gasteiger charge is -2.03. The highest BCUT2D eigenvalue weighted by atomic mass is 79.9. The Hall–Kier alpha value is -0.900. The number of rotatable bonds is 4. The maximum Gasteiger partial charge on any atom is 0.303 e. The maximum atomic E-state index is 13.0. The zero-order valence-corrected chi connectivity index (χ0v) is 9.05. The Bertz CT molecular complexity index is 339. The van der Waals surface area contributed by atoms with Gasteiger partial charge in [0.2, 0.25) is 0 Å². The molecule has 0 fully saturated rings. The minimum atomic E-state index is -0.822. The first-order valence-electron chi connectivity index (χ1n) is 4.26. The van der Waals surface area contributed by atoms with Crippen molar-refractivity contribution in [3.8, 4) is 0 Å². The highest BCUT2D eigenvalue weighted by molar-refractivity contribution is 9.10. The van der Waals surface area contributed by atoms with E-state index in [2.05, 4.69) is 15.9 Å². The van der Waals surface area contributed by atoms with Gasteiger partial charge in [0, 0.05) is 6.42 Å². The molecule has 0 unspecified atom stereocenters. The van der Waals surface area contributed by atoms with Crippen molar-refractivity contribution < 1.29 is 14.3 Å². The van der Waals surface area contributed by atoms with Crippen molar-refractivity contribution in [3.05, 3.63) is 34.1 Å². The van der Waals surface area contributed by atoms with Crippen molar-refractivity contribution in [2.24, 2.45) is 0 Å². The van der Waals surface area contributed by atoms with Gasteiger partial charge in [-0.25, -0.2) is 4.39 Å². The highest BCUT2D eigenvalue weighted by Crippen LogP contribution is 2.21. The number of aryl methyl sites for hydroxylation is 1. The largest absolute Gasteiger partial charge is 0.481 e. The van der Waals surface area contributed by atoms with Crippen LogP contribution in [-0.4, -0.2) is 11.1 Å². The van der Waals surface area contributed by atoms with E-state index in [-0.39, 0.29) is 12.2 Å². The van der Waals surface area contributed by atoms with Gasteiger partial charge in [-0.15, -0.1) is 0 Å². The predicted octanol–water partition coefficient (Wildman–Crippen LogP) is 3.00. The lowest BCUT2D eigenvalue weighted by atomic mass is 10.1. The lowest BCUT2D eigenvalue weighted by Crippen LogP contribution is -1.97. The van der Waals surface area contributed by atoms with Crippen LogP contribution in [0.1, 0.15) is 18.4 Å². The van der Waals surface area contributed by atoms with Gasteiger partial charge in [-0.3, -0.25) is 4.79 Å². The lowest BCUT2D eigenvalue weighted by molar-refractivity contribution is -0.137. The van der Waals surface area contributed by atoms with Crippen molar-refractivity contribution in [3.63, 3.8) is 0 Å². The zero-order chi connectivity index (χ0) is 10.6. The van der Waals surface area contributed by atoms with E-state index in [0.29, 0.717) is 17.3 Å². The van der Waals surface area contributed by atoms with Gasteiger partial charge >= 0.3 is 5.97 Å². The normalized spacial score (nSPS) is 10.1. The number of carboxylic acids is 1. The standard InChI is InChI=1S/C10H10BrFO2/c11-10-7(3-1-5-8(10)12)4-2-6-9(13)14/h1,3,5H,2,4,6H2,(H,13,14). The van der Waals surface area contributed by atoms with Crippen LogP contribution in [0.4, 0.5) is 4.39 Å². The minimum absolute atomic E-state index is 0.114. The molecule has 0 aliphatic rings. The number of benzene rings is 1. The Labute approximate surface area is 89.9 Å². The third kappa shape index (κ3) is 3.10. The van der Waals surface area contributed by atoms with Gasteiger partial charge in [0.25, 0.3) is 0 Å². The third-order valence-electron chi connectivity index (χ3n) is 1.87. The monoisotopic (exact) mass is 260 g/mol. The molecular formula is C10H10BrFO2. The second kappa shape index (κ2) is 5.10. The summed E-state index contributed by atoms with van der Waals surface area (Å²) in [5.41, 5.74) is 0.811. The van der Waals surface area contributed by atoms with Crippen LogP contribution in [0.2, 0.25) is 0 Å². The van der Waals surface area contributed by atoms with E-state index in [0.717, 1.165) is 5.56 Å². The Morgan fingerprint density at radius 3 is 2.86 bits per heavy atom. The van der Waals surface area contributed by atoms with Gasteiger partial charge < -0.3 is 5.11 Å². The number of halogens is 2. The van der Waals surface area contributed by atoms with Gasteiger partial charge in [-0.2, -0.15) is 0 Å². The molecule has 0 aliphatic carbocycles. The highest BCUT2D eigenvalue weighted by Gasteiger charge is 2.05. The van der Waals surface area contributed by atoms with E-state index in [9.17, 15) is 9.18 Å². The van der Waals surface area contributed by atoms with Gasteiger partial charge in [0.05, 0.1) is 4.47 Å². The summed E-state index contributed by atoms with van der Waals surface area (Å²) in [6, 6.07) is 4.77. The summed E-state index contributed by atoms with van der Waals surface area (Å²) in [5, 5.41) is 8.43. The van der Waals surface area contributed by atoms with Crippen LogP contribution in [0.3, 0.4) is 0 Å². The number of aliphatic carboxylic acids is 1. The fraction of sp³-hybridized carbons (Fsp3) is 0.300. The smallest absolute Gasteiger partial charge is 0.303 e. The van der Waals surface area contributed by atoms with Crippen LogP contribution in [-0.2, 0) is 11.2 Å². The Morgan fingerprint density at radius 2 is 2.21 bits per heavy atom. The summed E-state index contributed by atoms with van der Waals surface area (Å²) in [5.74, 6) is -1.13. The summed E-state index contributed by atoms with van der Waals surface area (Å²) < 4.78 is 13.4. The molecule has 0 atom stereocenters. The van der Waals surface area contributed by atoms with Crippen molar-refractivity contribution in [1.82, 2.24) is 0 Å². The molecule has 14 heavy (non-hydrogen) atoms. The van der Waals surface area contributed by atoms with E-state index in [4.69, 9.17) is 5.11 Å². The van der Waals surface area contributed by atoms with E-state index in [1.54, 1.807) is 12.1 Å². The second-order valence-electron chi connectivity index (χ2n) is 2.96. The predicted molar refractivity (Wildman–Crippen MR) is 54.7 cm³/mol. The molecule has 0 radical (unpaired) electrons. The fourth-order valence-corrected chi connectivity index (χ4v) is 1.63. The molecule has 1 aromatic carbocycles. The molecule has 0 aliphatic heterocycles. The summed E-state index contributed by atoms with van der Waals surface area (Å²) in [6.07, 6.45) is 1.21. The average molecular weight is 261 g/mol. The molecule has 0 saturated heterocycles. The number of carbonyl (C=O) groups is 1. The summed E-state index contributed by atoms with van der Waals surface area (Å²) in [4.78, 5) is 10.3. The Balaban J connectivity index is 2.59. The molecule has 1 aromatic rings. The fourth-order valence-electron chi connectivity index (χ4n) is 1.17. The van der Waals surface area contributed by atoms with Crippen molar-refractivity contribution in [2.45, 2.75) is 19.3 Å². The molecule has 4 heteroatoms. The SMILES string of the molecule is O=C(O)CCCc1cccc(F)c1Br. The van der Waals surface area contributed by atoms with Gasteiger partial charge in [0.15, 0.2) is 0 Å². The molecule has 2 nitrogen and oxygen atoms in total. The van der Waals surface area contributed by atoms with E-state index in [1.165, 1.54) is 6.07 Å². The molecule has 0 spiro atoms. The van der Waals surface area contributed by atoms with Crippen LogP contribution in [0.5, 0.6) is 0 Å². The van der Waals surface area contributed by atoms with Gasteiger partial charge in [-0.1, -0.05) is 12.1 Å². The number of hydrogen-bond acceptors (Lipinski definition) is 1. The average Bonchev–Trinajstić information content (AvgIpc) is 2.12. The molecule has 0 saturated carbocycles. The van der Waals surface area contributed by atoms with Crippen LogP contribution >= 0.6 is 15.9 Å². The zero-order valence-electron chi connectivity index (χ0n) is 7.46. The first kappa shape index (κ1) is 11.2. The van der Waals surface area contributed by atoms with Crippen molar-refractivity contribution >= 4 is 21.9 Å². The third-order valence-corrected chi connectivity index (χ3v) is 2.76. The summed E-state index contributed by atoms with van der Waals surface area (Å²) in [7, 11) is 0. The summed E-state index contributed by atoms with van der Waals surface area (Å²) >= 11 is 3.12. The first-order valence-corrected chi connectivity index (χ1v) is 5.05. The molecule has 76 valence electrons. The molecule has 0 bridgehead atoms. The number of carboxylic acid groups (broad SMARTS) is 1. The molecule has 1 rings (SSSR count). The Kier molecular flexibility index (Phi) is 4.07. The van der Waals surface area contributed by atoms with E-state index < -0.39 is 5.97 Å². The molecule has 0 aromatic heterocycles. The summed E-state index contributed by atoms with van der Waals surface area (Å²) in [6.45, 7) is 0. The van der Waals surface area contributed by atoms with Gasteiger partial charge in [-0.05, 0) is 40.4 Å². The maximum absolute atomic E-state index is 13.0. The quantitative estimate of drug-likeness (QED) is 0.904. The minimum Gasteiger partial charge on any atom is -0.481 e. The van der Waals surface area contributed by atoms with E-state index >= 15 is 0 Å². The van der Waals surface area contributed by atoms with Crippen molar-refractivity contribution in [2.75, 3.05) is 0 Å². The first-order chi connectivity index (χ1) is 6.61.